The summed E-state index contributed by atoms with van der Waals surface area (Å²) in [4.78, 5) is 20.0. The second-order valence-electron chi connectivity index (χ2n) is 4.99. The standard InChI is InChI=1S/2C6H12O7.Ca/c2*7-1-2(8)3(9)4(10)5(11)6(12)13;/h2*2-5,7-11H,1H2,(H,12,13);/q;;+2/p-2. The predicted molar refractivity (Wildman–Crippen MR) is 78.0 cm³/mol. The van der Waals surface area contributed by atoms with Crippen LogP contribution in [0.1, 0.15) is 0 Å². The third-order valence-corrected chi connectivity index (χ3v) is 2.99. The molecule has 0 aliphatic heterocycles. The molecule has 14 nitrogen and oxygen atoms in total. The van der Waals surface area contributed by atoms with Crippen LogP contribution in [0.15, 0.2) is 0 Å². The van der Waals surface area contributed by atoms with Crippen LogP contribution in [0.25, 0.3) is 0 Å². The summed E-state index contributed by atoms with van der Waals surface area (Å²) in [6, 6.07) is 0. The van der Waals surface area contributed by atoms with Gasteiger partial charge in [0.2, 0.25) is 0 Å². The Labute approximate surface area is 182 Å². The fourth-order valence-electron chi connectivity index (χ4n) is 1.32. The summed E-state index contributed by atoms with van der Waals surface area (Å²) in [5, 5.41) is 107. The molecule has 15 heteroatoms. The van der Waals surface area contributed by atoms with Gasteiger partial charge in [-0.05, 0) is 0 Å². The van der Waals surface area contributed by atoms with Crippen LogP contribution in [0.4, 0.5) is 0 Å². The molecule has 0 amide bonds. The van der Waals surface area contributed by atoms with Gasteiger partial charge in [0.25, 0.3) is 0 Å². The van der Waals surface area contributed by atoms with Crippen molar-refractivity contribution in [2.45, 2.75) is 48.8 Å². The molecular weight excluding hydrogens is 408 g/mol. The van der Waals surface area contributed by atoms with Crippen molar-refractivity contribution in [3.05, 3.63) is 0 Å². The number of aliphatic hydroxyl groups is 10. The molecule has 8 atom stereocenters. The molecule has 8 unspecified atom stereocenters. The Morgan fingerprint density at radius 2 is 0.815 bits per heavy atom. The molecule has 0 aromatic heterocycles. The Bertz CT molecular complexity index is 385. The number of aliphatic hydroxyl groups excluding tert-OH is 10. The van der Waals surface area contributed by atoms with Gasteiger partial charge >= 0.3 is 37.7 Å². The van der Waals surface area contributed by atoms with E-state index in [1.165, 1.54) is 0 Å². The maximum absolute atomic E-state index is 9.98. The van der Waals surface area contributed by atoms with Crippen LogP contribution >= 0.6 is 0 Å². The van der Waals surface area contributed by atoms with Gasteiger partial charge < -0.3 is 70.9 Å². The summed E-state index contributed by atoms with van der Waals surface area (Å²) in [5.41, 5.74) is 0. The Kier molecular flexibility index (Phi) is 18.3. The first-order valence-corrected chi connectivity index (χ1v) is 6.91. The van der Waals surface area contributed by atoms with Gasteiger partial charge in [0.1, 0.15) is 48.8 Å². The van der Waals surface area contributed by atoms with Gasteiger partial charge in [-0.15, -0.1) is 0 Å². The van der Waals surface area contributed by atoms with Crippen molar-refractivity contribution in [2.24, 2.45) is 0 Å². The first-order valence-electron chi connectivity index (χ1n) is 6.91. The smallest absolute Gasteiger partial charge is 0.547 e. The molecule has 10 N–H and O–H groups in total. The Balaban J connectivity index is -0.000000411. The molecule has 0 bridgehead atoms. The number of carbonyl (C=O) groups is 2. The van der Waals surface area contributed by atoms with Gasteiger partial charge in [0.05, 0.1) is 25.2 Å². The van der Waals surface area contributed by atoms with E-state index in [-0.39, 0.29) is 37.7 Å². The number of carboxylic acids is 2. The zero-order valence-corrected chi connectivity index (χ0v) is 16.1. The van der Waals surface area contributed by atoms with Gasteiger partial charge in [-0.25, -0.2) is 0 Å². The Morgan fingerprint density at radius 3 is 0.963 bits per heavy atom. The van der Waals surface area contributed by atoms with Crippen LogP contribution in [-0.4, -0.2) is 163 Å². The average Bonchev–Trinajstić information content (AvgIpc) is 2.62. The minimum absolute atomic E-state index is 0. The molecule has 0 spiro atoms. The van der Waals surface area contributed by atoms with Crippen LogP contribution in [-0.2, 0) is 9.59 Å². The number of carbonyl (C=O) groups excluding carboxylic acids is 2. The number of hydrogen-bond acceptors (Lipinski definition) is 14. The van der Waals surface area contributed by atoms with Crippen LogP contribution < -0.4 is 10.2 Å². The molecule has 0 aliphatic carbocycles. The normalized spacial score (nSPS) is 19.6. The minimum atomic E-state index is -2.31. The molecule has 0 rings (SSSR count). The summed E-state index contributed by atoms with van der Waals surface area (Å²) in [6.07, 6.45) is -16.2. The summed E-state index contributed by atoms with van der Waals surface area (Å²) in [5.74, 6) is -3.95. The van der Waals surface area contributed by atoms with Crippen LogP contribution in [0.2, 0.25) is 0 Å². The molecule has 0 heterocycles. The Hall–Kier alpha value is -0.200. The molecule has 0 saturated heterocycles. The SMILES string of the molecule is O=C([O-])C(O)C(O)C(O)C(O)CO.O=C([O-])C(O)C(O)C(O)C(O)CO.[Ca+2]. The summed E-state index contributed by atoms with van der Waals surface area (Å²) >= 11 is 0. The number of rotatable bonds is 10. The number of aliphatic carboxylic acids is 2. The zero-order valence-electron chi connectivity index (χ0n) is 13.8. The molecule has 156 valence electrons. The second kappa shape index (κ2) is 15.7. The maximum atomic E-state index is 9.98. The van der Waals surface area contributed by atoms with Crippen LogP contribution in [0, 0.1) is 0 Å². The quantitative estimate of drug-likeness (QED) is 0.144. The van der Waals surface area contributed by atoms with Crippen molar-refractivity contribution >= 4 is 49.7 Å². The summed E-state index contributed by atoms with van der Waals surface area (Å²) in [7, 11) is 0. The predicted octanol–water partition coefficient (Wildman–Crippen LogP) is -10.0. The molecule has 0 aromatic rings. The molecule has 0 aliphatic rings. The van der Waals surface area contributed by atoms with E-state index in [4.69, 9.17) is 51.1 Å². The second-order valence-corrected chi connectivity index (χ2v) is 4.99. The number of hydrogen-bond donors (Lipinski definition) is 10. The summed E-state index contributed by atoms with van der Waals surface area (Å²) < 4.78 is 0. The van der Waals surface area contributed by atoms with Crippen molar-refractivity contribution < 1.29 is 70.9 Å². The average molecular weight is 430 g/mol. The van der Waals surface area contributed by atoms with E-state index in [1.54, 1.807) is 0 Å². The largest absolute Gasteiger partial charge is 2.00 e. The molecule has 27 heavy (non-hydrogen) atoms. The third kappa shape index (κ3) is 11.4. The van der Waals surface area contributed by atoms with Crippen molar-refractivity contribution in [2.75, 3.05) is 13.2 Å². The summed E-state index contributed by atoms with van der Waals surface area (Å²) in [6.45, 7) is -1.73. The maximum Gasteiger partial charge on any atom is 2.00 e. The first-order chi connectivity index (χ1) is 11.8. The fraction of sp³-hybridized carbons (Fsp3) is 0.833. The van der Waals surface area contributed by atoms with Gasteiger partial charge in [-0.1, -0.05) is 0 Å². The van der Waals surface area contributed by atoms with E-state index in [2.05, 4.69) is 0 Å². The molecular formula is C12H22CaO14. The van der Waals surface area contributed by atoms with Crippen LogP contribution in [0.3, 0.4) is 0 Å². The van der Waals surface area contributed by atoms with Crippen molar-refractivity contribution in [1.82, 2.24) is 0 Å². The van der Waals surface area contributed by atoms with Gasteiger partial charge in [-0.3, -0.25) is 0 Å². The van der Waals surface area contributed by atoms with Crippen LogP contribution in [0.5, 0.6) is 0 Å². The van der Waals surface area contributed by atoms with E-state index in [1.807, 2.05) is 0 Å². The van der Waals surface area contributed by atoms with Gasteiger partial charge in [-0.2, -0.15) is 0 Å². The van der Waals surface area contributed by atoms with Crippen molar-refractivity contribution in [3.8, 4) is 0 Å². The van der Waals surface area contributed by atoms with E-state index >= 15 is 0 Å². The molecule has 0 radical (unpaired) electrons. The molecule has 0 aromatic carbocycles. The van der Waals surface area contributed by atoms with E-state index in [0.29, 0.717) is 0 Å². The van der Waals surface area contributed by atoms with E-state index < -0.39 is 74.0 Å². The van der Waals surface area contributed by atoms with Gasteiger partial charge in [0.15, 0.2) is 0 Å². The van der Waals surface area contributed by atoms with E-state index in [0.717, 1.165) is 0 Å². The third-order valence-electron chi connectivity index (χ3n) is 2.99. The Morgan fingerprint density at radius 1 is 0.593 bits per heavy atom. The van der Waals surface area contributed by atoms with Gasteiger partial charge in [0, 0.05) is 0 Å². The first kappa shape index (κ1) is 31.5. The number of carboxylic acid groups (broad SMARTS) is 2. The van der Waals surface area contributed by atoms with E-state index in [9.17, 15) is 19.8 Å². The monoisotopic (exact) mass is 430 g/mol. The molecule has 0 saturated carbocycles. The zero-order chi connectivity index (χ0) is 21.2. The van der Waals surface area contributed by atoms with Crippen molar-refractivity contribution in [3.63, 3.8) is 0 Å². The molecule has 0 fully saturated rings. The minimum Gasteiger partial charge on any atom is -0.547 e. The fourth-order valence-corrected chi connectivity index (χ4v) is 1.32. The topological polar surface area (TPSA) is 283 Å². The van der Waals surface area contributed by atoms with Crippen molar-refractivity contribution in [1.29, 1.82) is 0 Å².